The second-order valence-electron chi connectivity index (χ2n) is 6.82. The van der Waals surface area contributed by atoms with Crippen LogP contribution in [0.1, 0.15) is 33.5 Å². The maximum Gasteiger partial charge on any atom is 0.271 e. The van der Waals surface area contributed by atoms with Crippen LogP contribution < -0.4 is 16.1 Å². The Labute approximate surface area is 173 Å². The number of carbonyl (C=O) groups is 3. The maximum absolute atomic E-state index is 12.6. The fourth-order valence-corrected chi connectivity index (χ4v) is 3.72. The maximum atomic E-state index is 12.6. The number of nitrogens with zero attached hydrogens (tertiary/aromatic N) is 1. The molecule has 3 amide bonds. The van der Waals surface area contributed by atoms with E-state index in [1.807, 2.05) is 51.1 Å². The summed E-state index contributed by atoms with van der Waals surface area (Å²) >= 11 is 1.10. The molecule has 0 unspecified atom stereocenters. The van der Waals surface area contributed by atoms with E-state index in [0.29, 0.717) is 11.3 Å². The van der Waals surface area contributed by atoms with Crippen molar-refractivity contribution in [1.29, 1.82) is 0 Å². The SMILES string of the molecule is Cc1ccc(NC(=O)[C@H]2CC(=O)N/C(=N\NC(=O)c3ccccc3C)S2)cc1C. The Balaban J connectivity index is 1.66. The van der Waals surface area contributed by atoms with Crippen LogP contribution in [0.15, 0.2) is 47.6 Å². The second-order valence-corrected chi connectivity index (χ2v) is 8.01. The molecule has 0 bridgehead atoms. The van der Waals surface area contributed by atoms with Crippen molar-refractivity contribution in [2.75, 3.05) is 5.32 Å². The molecule has 1 heterocycles. The van der Waals surface area contributed by atoms with E-state index in [1.165, 1.54) is 0 Å². The molecule has 1 atom stereocenters. The number of hydrogen-bond acceptors (Lipinski definition) is 5. The van der Waals surface area contributed by atoms with Gasteiger partial charge in [0, 0.05) is 17.7 Å². The van der Waals surface area contributed by atoms with Gasteiger partial charge < -0.3 is 10.6 Å². The highest BCUT2D eigenvalue weighted by Gasteiger charge is 2.30. The Kier molecular flexibility index (Phi) is 6.33. The first-order valence-corrected chi connectivity index (χ1v) is 9.99. The first-order chi connectivity index (χ1) is 13.8. The second kappa shape index (κ2) is 8.91. The standard InChI is InChI=1S/C21H22N4O3S/c1-12-8-9-15(10-14(12)3)22-20(28)17-11-18(26)23-21(29-17)25-24-19(27)16-7-5-4-6-13(16)2/h4-10,17H,11H2,1-3H3,(H,22,28)(H,24,27)(H,23,25,26)/t17-/m1/s1. The van der Waals surface area contributed by atoms with Crippen molar-refractivity contribution in [2.45, 2.75) is 32.4 Å². The van der Waals surface area contributed by atoms with E-state index < -0.39 is 5.25 Å². The van der Waals surface area contributed by atoms with Crippen molar-refractivity contribution >= 4 is 40.3 Å². The van der Waals surface area contributed by atoms with Crippen LogP contribution in [0.5, 0.6) is 0 Å². The molecule has 8 heteroatoms. The Hall–Kier alpha value is -3.13. The highest BCUT2D eigenvalue weighted by atomic mass is 32.2. The predicted molar refractivity (Wildman–Crippen MR) is 115 cm³/mol. The van der Waals surface area contributed by atoms with Crippen molar-refractivity contribution in [3.8, 4) is 0 Å². The number of nitrogens with one attached hydrogen (secondary N) is 3. The molecule has 1 aliphatic rings. The third kappa shape index (κ3) is 5.23. The van der Waals surface area contributed by atoms with Crippen molar-refractivity contribution in [3.05, 3.63) is 64.7 Å². The third-order valence-corrected chi connectivity index (χ3v) is 5.67. The molecule has 0 aliphatic carbocycles. The van der Waals surface area contributed by atoms with Gasteiger partial charge in [0.25, 0.3) is 5.91 Å². The summed E-state index contributed by atoms with van der Waals surface area (Å²) in [4.78, 5) is 36.9. The summed E-state index contributed by atoms with van der Waals surface area (Å²) in [7, 11) is 0. The van der Waals surface area contributed by atoms with Crippen molar-refractivity contribution < 1.29 is 14.4 Å². The Morgan fingerprint density at radius 1 is 1.07 bits per heavy atom. The van der Waals surface area contributed by atoms with Crippen molar-refractivity contribution in [2.24, 2.45) is 5.10 Å². The van der Waals surface area contributed by atoms with Gasteiger partial charge in [-0.3, -0.25) is 14.4 Å². The molecule has 2 aromatic rings. The summed E-state index contributed by atoms with van der Waals surface area (Å²) in [6, 6.07) is 12.8. The van der Waals surface area contributed by atoms with Crippen LogP contribution >= 0.6 is 11.8 Å². The molecule has 0 aromatic heterocycles. The van der Waals surface area contributed by atoms with Crippen LogP contribution in [-0.2, 0) is 9.59 Å². The zero-order chi connectivity index (χ0) is 21.0. The van der Waals surface area contributed by atoms with Gasteiger partial charge in [-0.2, -0.15) is 0 Å². The van der Waals surface area contributed by atoms with Gasteiger partial charge in [0.15, 0.2) is 5.17 Å². The Morgan fingerprint density at radius 3 is 2.55 bits per heavy atom. The average molecular weight is 410 g/mol. The van der Waals surface area contributed by atoms with E-state index in [0.717, 1.165) is 28.5 Å². The molecular formula is C21H22N4O3S. The van der Waals surface area contributed by atoms with Gasteiger partial charge >= 0.3 is 0 Å². The number of rotatable bonds is 4. The quantitative estimate of drug-likeness (QED) is 0.675. The molecule has 0 radical (unpaired) electrons. The Morgan fingerprint density at radius 2 is 1.83 bits per heavy atom. The lowest BCUT2D eigenvalue weighted by atomic mass is 10.1. The van der Waals surface area contributed by atoms with Crippen LogP contribution in [0.3, 0.4) is 0 Å². The molecule has 2 aromatic carbocycles. The lowest BCUT2D eigenvalue weighted by Crippen LogP contribution is -2.43. The summed E-state index contributed by atoms with van der Waals surface area (Å²) in [5.74, 6) is -0.994. The summed E-state index contributed by atoms with van der Waals surface area (Å²) < 4.78 is 0. The number of aryl methyl sites for hydroxylation is 3. The zero-order valence-electron chi connectivity index (χ0n) is 16.4. The van der Waals surface area contributed by atoms with Crippen LogP contribution in [0.2, 0.25) is 0 Å². The fourth-order valence-electron chi connectivity index (χ4n) is 2.78. The third-order valence-electron chi connectivity index (χ3n) is 4.59. The van der Waals surface area contributed by atoms with Gasteiger partial charge in [0.1, 0.15) is 5.25 Å². The lowest BCUT2D eigenvalue weighted by Gasteiger charge is -2.22. The number of thioether (sulfide) groups is 1. The average Bonchev–Trinajstić information content (AvgIpc) is 2.69. The fraction of sp³-hybridized carbons (Fsp3) is 0.238. The first-order valence-electron chi connectivity index (χ1n) is 9.12. The van der Waals surface area contributed by atoms with Crippen LogP contribution in [0.25, 0.3) is 0 Å². The topological polar surface area (TPSA) is 99.7 Å². The van der Waals surface area contributed by atoms with Crippen molar-refractivity contribution in [1.82, 2.24) is 10.7 Å². The molecular weight excluding hydrogens is 388 g/mol. The monoisotopic (exact) mass is 410 g/mol. The van der Waals surface area contributed by atoms with Gasteiger partial charge in [0.2, 0.25) is 11.8 Å². The molecule has 1 saturated heterocycles. The summed E-state index contributed by atoms with van der Waals surface area (Å²) in [6.45, 7) is 5.79. The van der Waals surface area contributed by atoms with E-state index >= 15 is 0 Å². The van der Waals surface area contributed by atoms with Crippen LogP contribution in [0, 0.1) is 20.8 Å². The van der Waals surface area contributed by atoms with E-state index in [2.05, 4.69) is 21.2 Å². The summed E-state index contributed by atoms with van der Waals surface area (Å²) in [5, 5.41) is 8.95. The van der Waals surface area contributed by atoms with Gasteiger partial charge in [-0.25, -0.2) is 5.43 Å². The lowest BCUT2D eigenvalue weighted by molar-refractivity contribution is -0.123. The predicted octanol–water partition coefficient (Wildman–Crippen LogP) is 2.87. The molecule has 0 spiro atoms. The van der Waals surface area contributed by atoms with Crippen LogP contribution in [-0.4, -0.2) is 28.1 Å². The molecule has 0 saturated carbocycles. The number of anilines is 1. The minimum Gasteiger partial charge on any atom is -0.325 e. The van der Waals surface area contributed by atoms with E-state index in [4.69, 9.17) is 0 Å². The zero-order valence-corrected chi connectivity index (χ0v) is 17.2. The van der Waals surface area contributed by atoms with E-state index in [9.17, 15) is 14.4 Å². The number of hydrogen-bond donors (Lipinski definition) is 3. The van der Waals surface area contributed by atoms with Gasteiger partial charge in [-0.1, -0.05) is 36.0 Å². The van der Waals surface area contributed by atoms with Gasteiger partial charge in [-0.15, -0.1) is 5.10 Å². The number of amidine groups is 1. The number of hydrazone groups is 1. The van der Waals surface area contributed by atoms with Gasteiger partial charge in [0.05, 0.1) is 0 Å². The highest BCUT2D eigenvalue weighted by molar-refractivity contribution is 8.15. The molecule has 29 heavy (non-hydrogen) atoms. The summed E-state index contributed by atoms with van der Waals surface area (Å²) in [5.41, 5.74) is 6.62. The highest BCUT2D eigenvalue weighted by Crippen LogP contribution is 2.23. The number of benzene rings is 2. The summed E-state index contributed by atoms with van der Waals surface area (Å²) in [6.07, 6.45) is 0.0338. The van der Waals surface area contributed by atoms with Crippen molar-refractivity contribution in [3.63, 3.8) is 0 Å². The van der Waals surface area contributed by atoms with E-state index in [-0.39, 0.29) is 29.3 Å². The number of carbonyl (C=O) groups excluding carboxylic acids is 3. The largest absolute Gasteiger partial charge is 0.325 e. The minimum absolute atomic E-state index is 0.0338. The normalized spacial score (nSPS) is 17.6. The minimum atomic E-state index is -0.639. The first kappa shape index (κ1) is 20.6. The molecule has 3 rings (SSSR count). The molecule has 7 nitrogen and oxygen atoms in total. The molecule has 1 fully saturated rings. The number of amides is 3. The smallest absolute Gasteiger partial charge is 0.271 e. The van der Waals surface area contributed by atoms with Crippen LogP contribution in [0.4, 0.5) is 5.69 Å². The van der Waals surface area contributed by atoms with Gasteiger partial charge in [-0.05, 0) is 55.7 Å². The molecule has 150 valence electrons. The molecule has 1 aliphatic heterocycles. The Bertz CT molecular complexity index is 1000. The molecule has 3 N–H and O–H groups in total. The van der Waals surface area contributed by atoms with E-state index in [1.54, 1.807) is 12.1 Å².